The van der Waals surface area contributed by atoms with Crippen molar-refractivity contribution in [1.82, 2.24) is 0 Å². The van der Waals surface area contributed by atoms with Crippen LogP contribution in [0.15, 0.2) is 0 Å². The van der Waals surface area contributed by atoms with E-state index in [1.54, 1.807) is 13.8 Å². The van der Waals surface area contributed by atoms with Crippen molar-refractivity contribution in [2.75, 3.05) is 0 Å². The summed E-state index contributed by atoms with van der Waals surface area (Å²) in [6, 6.07) is 0. The number of hydrogen-bond donors (Lipinski definition) is 0. The van der Waals surface area contributed by atoms with Gasteiger partial charge in [-0.05, 0) is 33.1 Å². The molecule has 0 aromatic heterocycles. The Kier molecular flexibility index (Phi) is 3.01. The number of hydrogen-bond acceptors (Lipinski definition) is 2. The summed E-state index contributed by atoms with van der Waals surface area (Å²) in [5.74, 6) is 0.821. The fourth-order valence-electron chi connectivity index (χ4n) is 1.93. The predicted molar refractivity (Wildman–Crippen MR) is 46.8 cm³/mol. The molecule has 1 rings (SSSR count). The summed E-state index contributed by atoms with van der Waals surface area (Å²) in [5, 5.41) is 0. The third kappa shape index (κ3) is 2.16. The van der Waals surface area contributed by atoms with Gasteiger partial charge < -0.3 is 0 Å². The Morgan fingerprint density at radius 1 is 1.00 bits per heavy atom. The van der Waals surface area contributed by atoms with Crippen LogP contribution in [0, 0.1) is 11.8 Å². The molecule has 0 bridgehead atoms. The molecule has 0 heterocycles. The van der Waals surface area contributed by atoms with E-state index in [0.29, 0.717) is 0 Å². The van der Waals surface area contributed by atoms with Crippen LogP contribution in [0.2, 0.25) is 0 Å². The Labute approximate surface area is 73.3 Å². The van der Waals surface area contributed by atoms with E-state index in [4.69, 9.17) is 0 Å². The molecule has 0 aromatic rings. The monoisotopic (exact) mass is 168 g/mol. The average molecular weight is 168 g/mol. The number of ketones is 2. The van der Waals surface area contributed by atoms with Gasteiger partial charge in [-0.15, -0.1) is 0 Å². The van der Waals surface area contributed by atoms with Gasteiger partial charge in [-0.3, -0.25) is 9.59 Å². The van der Waals surface area contributed by atoms with Gasteiger partial charge in [-0.2, -0.15) is 0 Å². The summed E-state index contributed by atoms with van der Waals surface area (Å²) in [6.45, 7) is 3.26. The lowest BCUT2D eigenvalue weighted by Crippen LogP contribution is -2.24. The number of carbonyl (C=O) groups excluding carboxylic acids is 2. The standard InChI is InChI=1S/C10H16O2/c1-7(11)9-4-3-5-10(6-9)8(2)12/h9-10H,3-6H2,1-2H3/t9-,10?/m1/s1. The van der Waals surface area contributed by atoms with Crippen LogP contribution in [0.25, 0.3) is 0 Å². The molecule has 1 fully saturated rings. The third-order valence-electron chi connectivity index (χ3n) is 2.82. The van der Waals surface area contributed by atoms with Crippen molar-refractivity contribution in [3.63, 3.8) is 0 Å². The van der Waals surface area contributed by atoms with Crippen molar-refractivity contribution >= 4 is 11.6 Å². The summed E-state index contributed by atoms with van der Waals surface area (Å²) in [6.07, 6.45) is 3.80. The topological polar surface area (TPSA) is 34.1 Å². The highest BCUT2D eigenvalue weighted by Crippen LogP contribution is 2.29. The van der Waals surface area contributed by atoms with Crippen LogP contribution in [0.1, 0.15) is 39.5 Å². The molecule has 1 saturated carbocycles. The third-order valence-corrected chi connectivity index (χ3v) is 2.82. The van der Waals surface area contributed by atoms with Gasteiger partial charge in [0.1, 0.15) is 11.6 Å². The second-order valence-corrected chi connectivity index (χ2v) is 3.78. The van der Waals surface area contributed by atoms with E-state index >= 15 is 0 Å². The first-order valence-corrected chi connectivity index (χ1v) is 4.62. The molecule has 0 N–H and O–H groups in total. The molecule has 0 aromatic carbocycles. The van der Waals surface area contributed by atoms with Crippen LogP contribution >= 0.6 is 0 Å². The maximum absolute atomic E-state index is 11.1. The van der Waals surface area contributed by atoms with Crippen molar-refractivity contribution in [1.29, 1.82) is 0 Å². The molecule has 0 spiro atoms. The van der Waals surface area contributed by atoms with Crippen molar-refractivity contribution < 1.29 is 9.59 Å². The zero-order chi connectivity index (χ0) is 9.14. The maximum atomic E-state index is 11.1. The quantitative estimate of drug-likeness (QED) is 0.631. The molecule has 1 aliphatic rings. The fraction of sp³-hybridized carbons (Fsp3) is 0.800. The Bertz CT molecular complexity index is 176. The first-order chi connectivity index (χ1) is 5.61. The summed E-state index contributed by atoms with van der Waals surface area (Å²) < 4.78 is 0. The van der Waals surface area contributed by atoms with Gasteiger partial charge in [-0.25, -0.2) is 0 Å². The number of Topliss-reactive ketones (excluding diaryl/α,β-unsaturated/α-hetero) is 2. The second kappa shape index (κ2) is 3.83. The summed E-state index contributed by atoms with van der Waals surface area (Å²) >= 11 is 0. The highest BCUT2D eigenvalue weighted by atomic mass is 16.1. The Balaban J connectivity index is 2.51. The van der Waals surface area contributed by atoms with Crippen molar-refractivity contribution in [3.8, 4) is 0 Å². The zero-order valence-electron chi connectivity index (χ0n) is 7.80. The van der Waals surface area contributed by atoms with E-state index in [1.807, 2.05) is 0 Å². The smallest absolute Gasteiger partial charge is 0.132 e. The van der Waals surface area contributed by atoms with Crippen LogP contribution in [0.4, 0.5) is 0 Å². The Hall–Kier alpha value is -0.660. The first kappa shape index (κ1) is 9.43. The fourth-order valence-corrected chi connectivity index (χ4v) is 1.93. The van der Waals surface area contributed by atoms with E-state index in [1.165, 1.54) is 0 Å². The maximum Gasteiger partial charge on any atom is 0.132 e. The van der Waals surface area contributed by atoms with Gasteiger partial charge >= 0.3 is 0 Å². The number of rotatable bonds is 2. The van der Waals surface area contributed by atoms with Gasteiger partial charge in [0.15, 0.2) is 0 Å². The average Bonchev–Trinajstić information content (AvgIpc) is 2.04. The normalized spacial score (nSPS) is 29.8. The van der Waals surface area contributed by atoms with Gasteiger partial charge in [0.25, 0.3) is 0 Å². The molecule has 0 aliphatic heterocycles. The highest BCUT2D eigenvalue weighted by Gasteiger charge is 2.27. The lowest BCUT2D eigenvalue weighted by Gasteiger charge is -2.25. The second-order valence-electron chi connectivity index (χ2n) is 3.78. The lowest BCUT2D eigenvalue weighted by molar-refractivity contribution is -0.125. The summed E-state index contributed by atoms with van der Waals surface area (Å²) in [5.41, 5.74) is 0. The van der Waals surface area contributed by atoms with Gasteiger partial charge in [-0.1, -0.05) is 6.42 Å². The SMILES string of the molecule is CC(=O)C1CCC[C@@H](C(C)=O)C1. The summed E-state index contributed by atoms with van der Waals surface area (Å²) in [7, 11) is 0. The molecule has 12 heavy (non-hydrogen) atoms. The van der Waals surface area contributed by atoms with Gasteiger partial charge in [0, 0.05) is 11.8 Å². The molecular weight excluding hydrogens is 152 g/mol. The molecule has 68 valence electrons. The van der Waals surface area contributed by atoms with Crippen LogP contribution in [-0.2, 0) is 9.59 Å². The number of carbonyl (C=O) groups is 2. The van der Waals surface area contributed by atoms with Crippen molar-refractivity contribution in [2.45, 2.75) is 39.5 Å². The zero-order valence-corrected chi connectivity index (χ0v) is 7.80. The molecular formula is C10H16O2. The highest BCUT2D eigenvalue weighted by molar-refractivity contribution is 5.82. The van der Waals surface area contributed by atoms with Crippen molar-refractivity contribution in [3.05, 3.63) is 0 Å². The molecule has 2 nitrogen and oxygen atoms in total. The van der Waals surface area contributed by atoms with E-state index < -0.39 is 0 Å². The Morgan fingerprint density at radius 2 is 1.42 bits per heavy atom. The lowest BCUT2D eigenvalue weighted by atomic mass is 9.78. The molecule has 1 unspecified atom stereocenters. The largest absolute Gasteiger partial charge is 0.300 e. The molecule has 0 saturated heterocycles. The molecule has 1 aliphatic carbocycles. The van der Waals surface area contributed by atoms with Gasteiger partial charge in [0.2, 0.25) is 0 Å². The van der Waals surface area contributed by atoms with E-state index in [-0.39, 0.29) is 23.4 Å². The van der Waals surface area contributed by atoms with Crippen LogP contribution in [0.3, 0.4) is 0 Å². The molecule has 0 radical (unpaired) electrons. The van der Waals surface area contributed by atoms with Crippen LogP contribution in [-0.4, -0.2) is 11.6 Å². The van der Waals surface area contributed by atoms with E-state index in [0.717, 1.165) is 25.7 Å². The van der Waals surface area contributed by atoms with Gasteiger partial charge in [0.05, 0.1) is 0 Å². The molecule has 2 heteroatoms. The van der Waals surface area contributed by atoms with Crippen LogP contribution in [0.5, 0.6) is 0 Å². The first-order valence-electron chi connectivity index (χ1n) is 4.62. The van der Waals surface area contributed by atoms with E-state index in [9.17, 15) is 9.59 Å². The Morgan fingerprint density at radius 3 is 1.75 bits per heavy atom. The van der Waals surface area contributed by atoms with Crippen molar-refractivity contribution in [2.24, 2.45) is 11.8 Å². The molecule has 2 atom stereocenters. The molecule has 0 amide bonds. The predicted octanol–water partition coefficient (Wildman–Crippen LogP) is 1.97. The van der Waals surface area contributed by atoms with E-state index in [2.05, 4.69) is 0 Å². The van der Waals surface area contributed by atoms with Crippen LogP contribution < -0.4 is 0 Å². The minimum Gasteiger partial charge on any atom is -0.300 e. The summed E-state index contributed by atoms with van der Waals surface area (Å²) in [4.78, 5) is 22.1. The minimum absolute atomic E-state index is 0.160. The minimum atomic E-state index is 0.160.